The number of aliphatic carboxylic acids is 1. The molecule has 0 spiro atoms. The highest BCUT2D eigenvalue weighted by Crippen LogP contribution is 2.12. The van der Waals surface area contributed by atoms with Crippen LogP contribution in [0.3, 0.4) is 0 Å². The molecule has 0 aromatic carbocycles. The molecule has 0 rings (SSSR count). The molecule has 0 fully saturated rings. The van der Waals surface area contributed by atoms with Gasteiger partial charge in [0, 0.05) is 6.42 Å². The molecule has 0 unspecified atom stereocenters. The van der Waals surface area contributed by atoms with Crippen LogP contribution in [0.4, 0.5) is 0 Å². The van der Waals surface area contributed by atoms with Crippen LogP contribution in [-0.2, 0) is 4.79 Å². The number of carbonyl (C=O) groups is 1. The molecule has 0 aliphatic rings. The fourth-order valence-corrected chi connectivity index (χ4v) is 3.04. The Morgan fingerprint density at radius 2 is 1.00 bits per heavy atom. The van der Waals surface area contributed by atoms with E-state index < -0.39 is 5.97 Å². The molecular weight excluding hydrogens is 322 g/mol. The second-order valence-corrected chi connectivity index (χ2v) is 7.41. The number of nitrogens with zero attached hydrogens (tertiary/aromatic N) is 1. The summed E-state index contributed by atoms with van der Waals surface area (Å²) in [5.74, 6) is -0.693. The van der Waals surface area contributed by atoms with Crippen molar-refractivity contribution in [3.8, 4) is 0 Å². The molecule has 0 heterocycles. The van der Waals surface area contributed by atoms with Crippen molar-refractivity contribution in [2.24, 2.45) is 0 Å². The standard InChI is InChI=1S/C18H39N.C5H10O2/c1-4-7-8-9-10-11-12-13-14-15-16-17-18-19(5-2)6-3;1-2-3-4-5(6)7/h4-18H2,1-3H3;2-4H2,1H3,(H,6,7). The quantitative estimate of drug-likeness (QED) is 0.257. The molecule has 0 bridgehead atoms. The van der Waals surface area contributed by atoms with Crippen molar-refractivity contribution < 1.29 is 9.90 Å². The Hall–Kier alpha value is -0.570. The maximum atomic E-state index is 9.76. The van der Waals surface area contributed by atoms with Gasteiger partial charge < -0.3 is 10.0 Å². The molecule has 0 saturated heterocycles. The second-order valence-electron chi connectivity index (χ2n) is 7.41. The summed E-state index contributed by atoms with van der Waals surface area (Å²) in [5.41, 5.74) is 0. The number of rotatable bonds is 18. The summed E-state index contributed by atoms with van der Waals surface area (Å²) in [4.78, 5) is 12.3. The predicted molar refractivity (Wildman–Crippen MR) is 116 cm³/mol. The zero-order valence-corrected chi connectivity index (χ0v) is 18.5. The Morgan fingerprint density at radius 1 is 0.615 bits per heavy atom. The predicted octanol–water partition coefficient (Wildman–Crippen LogP) is 7.29. The van der Waals surface area contributed by atoms with Gasteiger partial charge in [0.05, 0.1) is 0 Å². The normalized spacial score (nSPS) is 10.7. The third-order valence-corrected chi connectivity index (χ3v) is 4.97. The molecule has 1 N–H and O–H groups in total. The van der Waals surface area contributed by atoms with Crippen LogP contribution in [0.1, 0.15) is 124 Å². The van der Waals surface area contributed by atoms with Crippen LogP contribution < -0.4 is 0 Å². The van der Waals surface area contributed by atoms with E-state index in [1.807, 2.05) is 6.92 Å². The SMILES string of the molecule is CCCCC(=O)O.CCCCCCCCCCCCCCN(CC)CC. The van der Waals surface area contributed by atoms with Crippen molar-refractivity contribution in [2.45, 2.75) is 124 Å². The lowest BCUT2D eigenvalue weighted by Crippen LogP contribution is -2.23. The first-order chi connectivity index (χ1) is 12.6. The largest absolute Gasteiger partial charge is 0.481 e. The number of hydrogen-bond donors (Lipinski definition) is 1. The topological polar surface area (TPSA) is 40.5 Å². The lowest BCUT2D eigenvalue weighted by atomic mass is 10.1. The summed E-state index contributed by atoms with van der Waals surface area (Å²) >= 11 is 0. The molecular formula is C23H49NO2. The van der Waals surface area contributed by atoms with Crippen molar-refractivity contribution in [3.63, 3.8) is 0 Å². The molecule has 0 saturated carbocycles. The van der Waals surface area contributed by atoms with E-state index in [4.69, 9.17) is 5.11 Å². The molecule has 0 aromatic heterocycles. The number of carboxylic acids is 1. The molecule has 158 valence electrons. The second kappa shape index (κ2) is 24.4. The Morgan fingerprint density at radius 3 is 1.31 bits per heavy atom. The molecule has 3 heteroatoms. The Balaban J connectivity index is 0. The van der Waals surface area contributed by atoms with Crippen molar-refractivity contribution in [3.05, 3.63) is 0 Å². The first-order valence-electron chi connectivity index (χ1n) is 11.6. The summed E-state index contributed by atoms with van der Waals surface area (Å²) in [6.07, 6.45) is 19.5. The van der Waals surface area contributed by atoms with E-state index in [2.05, 4.69) is 25.7 Å². The average molecular weight is 372 g/mol. The lowest BCUT2D eigenvalue weighted by molar-refractivity contribution is -0.137. The highest BCUT2D eigenvalue weighted by Gasteiger charge is 1.98. The molecule has 3 nitrogen and oxygen atoms in total. The van der Waals surface area contributed by atoms with Gasteiger partial charge in [-0.15, -0.1) is 0 Å². The van der Waals surface area contributed by atoms with Gasteiger partial charge in [-0.2, -0.15) is 0 Å². The summed E-state index contributed by atoms with van der Waals surface area (Å²) in [7, 11) is 0. The summed E-state index contributed by atoms with van der Waals surface area (Å²) in [6, 6.07) is 0. The maximum Gasteiger partial charge on any atom is 0.303 e. The van der Waals surface area contributed by atoms with Crippen LogP contribution in [0.2, 0.25) is 0 Å². The number of carboxylic acid groups (broad SMARTS) is 1. The van der Waals surface area contributed by atoms with E-state index in [0.717, 1.165) is 12.8 Å². The summed E-state index contributed by atoms with van der Waals surface area (Å²) < 4.78 is 0. The van der Waals surface area contributed by atoms with E-state index in [-0.39, 0.29) is 0 Å². The van der Waals surface area contributed by atoms with Crippen molar-refractivity contribution in [1.29, 1.82) is 0 Å². The summed E-state index contributed by atoms with van der Waals surface area (Å²) in [6.45, 7) is 12.5. The molecule has 26 heavy (non-hydrogen) atoms. The fraction of sp³-hybridized carbons (Fsp3) is 0.957. The third-order valence-electron chi connectivity index (χ3n) is 4.97. The van der Waals surface area contributed by atoms with Crippen LogP contribution in [0.5, 0.6) is 0 Å². The maximum absolute atomic E-state index is 9.76. The van der Waals surface area contributed by atoms with Crippen molar-refractivity contribution in [1.82, 2.24) is 4.90 Å². The number of hydrogen-bond acceptors (Lipinski definition) is 2. The zero-order chi connectivity index (χ0) is 19.9. The molecule has 0 amide bonds. The minimum Gasteiger partial charge on any atom is -0.481 e. The molecule has 0 aromatic rings. The van der Waals surface area contributed by atoms with E-state index in [1.54, 1.807) is 0 Å². The van der Waals surface area contributed by atoms with Gasteiger partial charge in [0.25, 0.3) is 0 Å². The summed E-state index contributed by atoms with van der Waals surface area (Å²) in [5, 5.41) is 8.04. The minimum atomic E-state index is -0.693. The van der Waals surface area contributed by atoms with E-state index in [9.17, 15) is 4.79 Å². The van der Waals surface area contributed by atoms with Gasteiger partial charge in [-0.1, -0.05) is 105 Å². The van der Waals surface area contributed by atoms with Gasteiger partial charge in [0.1, 0.15) is 0 Å². The van der Waals surface area contributed by atoms with Gasteiger partial charge in [0.15, 0.2) is 0 Å². The van der Waals surface area contributed by atoms with E-state index in [1.165, 1.54) is 96.7 Å². The first kappa shape index (κ1) is 27.6. The van der Waals surface area contributed by atoms with Gasteiger partial charge in [0.2, 0.25) is 0 Å². The molecule has 0 aliphatic carbocycles. The van der Waals surface area contributed by atoms with Crippen molar-refractivity contribution in [2.75, 3.05) is 19.6 Å². The monoisotopic (exact) mass is 371 g/mol. The Labute approximate surface area is 164 Å². The highest BCUT2D eigenvalue weighted by molar-refractivity contribution is 5.66. The lowest BCUT2D eigenvalue weighted by Gasteiger charge is -2.17. The highest BCUT2D eigenvalue weighted by atomic mass is 16.4. The third kappa shape index (κ3) is 25.7. The minimum absolute atomic E-state index is 0.316. The van der Waals surface area contributed by atoms with E-state index in [0.29, 0.717) is 6.42 Å². The smallest absolute Gasteiger partial charge is 0.303 e. The number of unbranched alkanes of at least 4 members (excludes halogenated alkanes) is 12. The van der Waals surface area contributed by atoms with Gasteiger partial charge in [-0.3, -0.25) is 4.79 Å². The Bertz CT molecular complexity index is 265. The van der Waals surface area contributed by atoms with Crippen LogP contribution in [-0.4, -0.2) is 35.6 Å². The fourth-order valence-electron chi connectivity index (χ4n) is 3.04. The Kier molecular flexibility index (Phi) is 26.0. The van der Waals surface area contributed by atoms with Crippen LogP contribution >= 0.6 is 0 Å². The first-order valence-corrected chi connectivity index (χ1v) is 11.6. The molecule has 0 radical (unpaired) electrons. The van der Waals surface area contributed by atoms with E-state index >= 15 is 0 Å². The molecule has 0 aliphatic heterocycles. The van der Waals surface area contributed by atoms with Crippen LogP contribution in [0, 0.1) is 0 Å². The van der Waals surface area contributed by atoms with Gasteiger partial charge >= 0.3 is 5.97 Å². The molecule has 0 atom stereocenters. The average Bonchev–Trinajstić information content (AvgIpc) is 2.64. The van der Waals surface area contributed by atoms with Gasteiger partial charge in [-0.05, 0) is 32.5 Å². The van der Waals surface area contributed by atoms with Gasteiger partial charge in [-0.25, -0.2) is 0 Å². The zero-order valence-electron chi connectivity index (χ0n) is 18.5. The van der Waals surface area contributed by atoms with Crippen LogP contribution in [0.15, 0.2) is 0 Å². The van der Waals surface area contributed by atoms with Crippen molar-refractivity contribution >= 4 is 5.97 Å². The van der Waals surface area contributed by atoms with Crippen LogP contribution in [0.25, 0.3) is 0 Å².